The molecule has 1 N–H and O–H groups in total. The molecule has 1 atom stereocenters. The van der Waals surface area contributed by atoms with E-state index in [0.29, 0.717) is 13.0 Å². The van der Waals surface area contributed by atoms with Crippen molar-refractivity contribution in [2.75, 3.05) is 13.2 Å². The number of ether oxygens (including phenoxy) is 1. The van der Waals surface area contributed by atoms with Crippen molar-refractivity contribution >= 4 is 5.91 Å². The molecule has 1 saturated heterocycles. The van der Waals surface area contributed by atoms with Gasteiger partial charge in [-0.3, -0.25) is 4.79 Å². The van der Waals surface area contributed by atoms with Gasteiger partial charge in [-0.25, -0.2) is 0 Å². The standard InChI is InChI=1S/C15H14F3NO2/c16-15(17,18)12-6-1-4-11(10-12)5-2-8-19-14(20)13-7-3-9-21-13/h1,4,6,10,13H,3,7-9H2,(H,19,20)/t13-/m0/s1. The Hall–Kier alpha value is -2.00. The zero-order valence-corrected chi connectivity index (χ0v) is 11.2. The van der Waals surface area contributed by atoms with E-state index < -0.39 is 17.8 Å². The van der Waals surface area contributed by atoms with E-state index in [0.717, 1.165) is 18.6 Å². The van der Waals surface area contributed by atoms with Gasteiger partial charge in [-0.1, -0.05) is 17.9 Å². The highest BCUT2D eigenvalue weighted by Crippen LogP contribution is 2.29. The summed E-state index contributed by atoms with van der Waals surface area (Å²) in [4.78, 5) is 11.6. The molecular formula is C15H14F3NO2. The van der Waals surface area contributed by atoms with Crippen molar-refractivity contribution in [3.63, 3.8) is 0 Å². The first-order valence-electron chi connectivity index (χ1n) is 6.52. The third-order valence-corrected chi connectivity index (χ3v) is 3.00. The minimum absolute atomic E-state index is 0.0783. The molecule has 0 aliphatic carbocycles. The van der Waals surface area contributed by atoms with Crippen LogP contribution in [-0.2, 0) is 15.7 Å². The van der Waals surface area contributed by atoms with E-state index in [2.05, 4.69) is 17.2 Å². The lowest BCUT2D eigenvalue weighted by molar-refractivity contribution is -0.137. The fraction of sp³-hybridized carbons (Fsp3) is 0.400. The summed E-state index contributed by atoms with van der Waals surface area (Å²) < 4.78 is 42.7. The van der Waals surface area contributed by atoms with Crippen LogP contribution in [0.15, 0.2) is 24.3 Å². The molecule has 0 saturated carbocycles. The van der Waals surface area contributed by atoms with Gasteiger partial charge >= 0.3 is 6.18 Å². The minimum Gasteiger partial charge on any atom is -0.368 e. The molecule has 1 aromatic carbocycles. The van der Waals surface area contributed by atoms with Crippen molar-refractivity contribution in [1.82, 2.24) is 5.32 Å². The molecule has 21 heavy (non-hydrogen) atoms. The van der Waals surface area contributed by atoms with Crippen LogP contribution < -0.4 is 5.32 Å². The Morgan fingerprint density at radius 2 is 2.24 bits per heavy atom. The number of rotatable bonds is 2. The predicted octanol–water partition coefficient (Wildman–Crippen LogP) is 2.35. The van der Waals surface area contributed by atoms with E-state index in [9.17, 15) is 18.0 Å². The molecule has 6 heteroatoms. The Kier molecular flexibility index (Phi) is 4.86. The van der Waals surface area contributed by atoms with Gasteiger partial charge in [0.05, 0.1) is 12.1 Å². The Morgan fingerprint density at radius 3 is 2.90 bits per heavy atom. The average molecular weight is 297 g/mol. The first kappa shape index (κ1) is 15.4. The van der Waals surface area contributed by atoms with Crippen molar-refractivity contribution in [3.8, 4) is 11.8 Å². The van der Waals surface area contributed by atoms with Gasteiger partial charge in [0.1, 0.15) is 6.10 Å². The van der Waals surface area contributed by atoms with E-state index in [1.54, 1.807) is 0 Å². The van der Waals surface area contributed by atoms with E-state index in [1.807, 2.05) is 0 Å². The normalized spacial score (nSPS) is 18.0. The van der Waals surface area contributed by atoms with Gasteiger partial charge in [-0.15, -0.1) is 0 Å². The van der Waals surface area contributed by atoms with Crippen molar-refractivity contribution in [2.24, 2.45) is 0 Å². The second-order valence-electron chi connectivity index (χ2n) is 4.60. The third kappa shape index (κ3) is 4.50. The van der Waals surface area contributed by atoms with Crippen LogP contribution in [-0.4, -0.2) is 25.2 Å². The smallest absolute Gasteiger partial charge is 0.368 e. The summed E-state index contributed by atoms with van der Waals surface area (Å²) in [5.41, 5.74) is -0.478. The molecule has 0 unspecified atom stereocenters. The molecule has 1 heterocycles. The largest absolute Gasteiger partial charge is 0.416 e. The lowest BCUT2D eigenvalue weighted by Gasteiger charge is -2.07. The zero-order chi connectivity index (χ0) is 15.3. The molecule has 0 radical (unpaired) electrons. The second kappa shape index (κ2) is 6.64. The monoisotopic (exact) mass is 297 g/mol. The van der Waals surface area contributed by atoms with Gasteiger partial charge < -0.3 is 10.1 Å². The molecule has 0 bridgehead atoms. The molecule has 1 fully saturated rings. The fourth-order valence-corrected chi connectivity index (χ4v) is 1.95. The fourth-order valence-electron chi connectivity index (χ4n) is 1.95. The predicted molar refractivity (Wildman–Crippen MR) is 70.3 cm³/mol. The SMILES string of the molecule is O=C(NCC#Cc1cccc(C(F)(F)F)c1)[C@@H]1CCCO1. The van der Waals surface area contributed by atoms with E-state index in [-0.39, 0.29) is 18.0 Å². The molecule has 1 aliphatic rings. The summed E-state index contributed by atoms with van der Waals surface area (Å²) in [6.07, 6.45) is -3.27. The number of benzene rings is 1. The third-order valence-electron chi connectivity index (χ3n) is 3.00. The molecule has 1 aliphatic heterocycles. The maximum absolute atomic E-state index is 12.5. The molecule has 112 valence electrons. The first-order chi connectivity index (χ1) is 9.97. The maximum Gasteiger partial charge on any atom is 0.416 e. The lowest BCUT2D eigenvalue weighted by Crippen LogP contribution is -2.34. The number of amides is 1. The van der Waals surface area contributed by atoms with Gasteiger partial charge in [0.2, 0.25) is 5.91 Å². The second-order valence-corrected chi connectivity index (χ2v) is 4.60. The Morgan fingerprint density at radius 1 is 1.43 bits per heavy atom. The molecule has 2 rings (SSSR count). The van der Waals surface area contributed by atoms with Crippen LogP contribution in [0, 0.1) is 11.8 Å². The van der Waals surface area contributed by atoms with E-state index in [4.69, 9.17) is 4.74 Å². The number of carbonyl (C=O) groups is 1. The topological polar surface area (TPSA) is 38.3 Å². The maximum atomic E-state index is 12.5. The van der Waals surface area contributed by atoms with Crippen molar-refractivity contribution in [3.05, 3.63) is 35.4 Å². The molecule has 3 nitrogen and oxygen atoms in total. The Balaban J connectivity index is 1.89. The van der Waals surface area contributed by atoms with Crippen LogP contribution in [0.3, 0.4) is 0 Å². The van der Waals surface area contributed by atoms with Gasteiger partial charge in [0.25, 0.3) is 0 Å². The first-order valence-corrected chi connectivity index (χ1v) is 6.52. The summed E-state index contributed by atoms with van der Waals surface area (Å²) in [5.74, 6) is 5.00. The van der Waals surface area contributed by atoms with Gasteiger partial charge in [-0.05, 0) is 31.0 Å². The number of alkyl halides is 3. The van der Waals surface area contributed by atoms with Crippen LogP contribution in [0.4, 0.5) is 13.2 Å². The van der Waals surface area contributed by atoms with Crippen molar-refractivity contribution in [1.29, 1.82) is 0 Å². The average Bonchev–Trinajstić information content (AvgIpc) is 2.97. The van der Waals surface area contributed by atoms with Crippen molar-refractivity contribution < 1.29 is 22.7 Å². The van der Waals surface area contributed by atoms with Crippen LogP contribution in [0.1, 0.15) is 24.0 Å². The summed E-state index contributed by atoms with van der Waals surface area (Å²) >= 11 is 0. The molecular weight excluding hydrogens is 283 g/mol. The minimum atomic E-state index is -4.38. The summed E-state index contributed by atoms with van der Waals surface area (Å²) in [7, 11) is 0. The van der Waals surface area contributed by atoms with Crippen LogP contribution >= 0.6 is 0 Å². The summed E-state index contributed by atoms with van der Waals surface area (Å²) in [6, 6.07) is 4.77. The highest BCUT2D eigenvalue weighted by Gasteiger charge is 2.30. The number of carbonyl (C=O) groups excluding carboxylic acids is 1. The molecule has 1 amide bonds. The molecule has 0 spiro atoms. The Bertz CT molecular complexity index is 566. The van der Waals surface area contributed by atoms with Crippen LogP contribution in [0.2, 0.25) is 0 Å². The summed E-state index contributed by atoms with van der Waals surface area (Å²) in [6.45, 7) is 0.656. The number of hydrogen-bond donors (Lipinski definition) is 1. The molecule has 0 aromatic heterocycles. The number of hydrogen-bond acceptors (Lipinski definition) is 2. The Labute approximate surface area is 120 Å². The number of halogens is 3. The van der Waals surface area contributed by atoms with Gasteiger partial charge in [0.15, 0.2) is 0 Å². The highest BCUT2D eigenvalue weighted by molar-refractivity contribution is 5.81. The van der Waals surface area contributed by atoms with Gasteiger partial charge in [0, 0.05) is 12.2 Å². The number of nitrogens with one attached hydrogen (secondary N) is 1. The summed E-state index contributed by atoms with van der Waals surface area (Å²) in [5, 5.41) is 2.58. The van der Waals surface area contributed by atoms with Crippen LogP contribution in [0.25, 0.3) is 0 Å². The van der Waals surface area contributed by atoms with Gasteiger partial charge in [-0.2, -0.15) is 13.2 Å². The quantitative estimate of drug-likeness (QED) is 0.851. The zero-order valence-electron chi connectivity index (χ0n) is 11.2. The lowest BCUT2D eigenvalue weighted by atomic mass is 10.1. The molecule has 1 aromatic rings. The van der Waals surface area contributed by atoms with E-state index >= 15 is 0 Å². The van der Waals surface area contributed by atoms with Crippen molar-refractivity contribution in [2.45, 2.75) is 25.1 Å². The van der Waals surface area contributed by atoms with Crippen LogP contribution in [0.5, 0.6) is 0 Å². The van der Waals surface area contributed by atoms with E-state index in [1.165, 1.54) is 12.1 Å². The highest BCUT2D eigenvalue weighted by atomic mass is 19.4.